The van der Waals surface area contributed by atoms with Gasteiger partial charge in [0.1, 0.15) is 12.1 Å². The lowest BCUT2D eigenvalue weighted by atomic mass is 10.1. The molecular weight excluding hydrogens is 336 g/mol. The van der Waals surface area contributed by atoms with Gasteiger partial charge in [-0.3, -0.25) is 9.59 Å². The van der Waals surface area contributed by atoms with Crippen LogP contribution in [0.2, 0.25) is 0 Å². The van der Waals surface area contributed by atoms with E-state index in [4.69, 9.17) is 4.74 Å². The van der Waals surface area contributed by atoms with Crippen molar-refractivity contribution in [3.63, 3.8) is 0 Å². The summed E-state index contributed by atoms with van der Waals surface area (Å²) in [5, 5.41) is 16.6. The lowest BCUT2D eigenvalue weighted by molar-refractivity contribution is -0.118. The van der Waals surface area contributed by atoms with E-state index < -0.39 is 0 Å². The molecule has 9 nitrogen and oxygen atoms in total. The molecule has 9 heteroatoms. The van der Waals surface area contributed by atoms with Gasteiger partial charge < -0.3 is 15.4 Å². The molecule has 2 N–H and O–H groups in total. The molecule has 0 bridgehead atoms. The van der Waals surface area contributed by atoms with Gasteiger partial charge in [-0.15, -0.1) is 5.10 Å². The van der Waals surface area contributed by atoms with Gasteiger partial charge in [-0.1, -0.05) is 0 Å². The Labute approximate surface area is 148 Å². The Balaban J connectivity index is 1.54. The molecule has 0 aliphatic carbocycles. The third-order valence-electron chi connectivity index (χ3n) is 3.93. The predicted octanol–water partition coefficient (Wildman–Crippen LogP) is 1.55. The third kappa shape index (κ3) is 2.97. The molecule has 0 unspecified atom stereocenters. The molecular formula is C17H14N6O3. The van der Waals surface area contributed by atoms with Crippen molar-refractivity contribution in [1.82, 2.24) is 20.2 Å². The monoisotopic (exact) mass is 350 g/mol. The molecule has 4 rings (SSSR count). The Morgan fingerprint density at radius 2 is 2.15 bits per heavy atom. The number of aryl methyl sites for hydroxylation is 1. The number of nitrogens with one attached hydrogen (secondary N) is 2. The van der Waals surface area contributed by atoms with Crippen molar-refractivity contribution >= 4 is 23.2 Å². The van der Waals surface area contributed by atoms with Gasteiger partial charge in [0.15, 0.2) is 6.61 Å². The lowest BCUT2D eigenvalue weighted by Gasteiger charge is -2.18. The Hall–Kier alpha value is -3.75. The molecule has 1 aromatic heterocycles. The van der Waals surface area contributed by atoms with E-state index in [-0.39, 0.29) is 18.4 Å². The third-order valence-corrected chi connectivity index (χ3v) is 3.93. The van der Waals surface area contributed by atoms with Crippen molar-refractivity contribution in [3.8, 4) is 11.4 Å². The van der Waals surface area contributed by atoms with Gasteiger partial charge in [0, 0.05) is 11.3 Å². The second-order valence-electron chi connectivity index (χ2n) is 5.76. The zero-order valence-corrected chi connectivity index (χ0v) is 13.8. The Morgan fingerprint density at radius 3 is 2.92 bits per heavy atom. The fraction of sp³-hybridized carbons (Fsp3) is 0.118. The van der Waals surface area contributed by atoms with E-state index >= 15 is 0 Å². The molecule has 26 heavy (non-hydrogen) atoms. The summed E-state index contributed by atoms with van der Waals surface area (Å²) in [6, 6.07) is 10.3. The number of aromatic nitrogens is 4. The number of ether oxygens (including phenoxy) is 1. The van der Waals surface area contributed by atoms with Crippen LogP contribution in [-0.4, -0.2) is 38.6 Å². The number of carbonyl (C=O) groups is 2. The maximum absolute atomic E-state index is 12.5. The van der Waals surface area contributed by atoms with Crippen molar-refractivity contribution in [2.24, 2.45) is 0 Å². The SMILES string of the molecule is Cc1cc(NC(=O)c2ccc3c(c2)NC(=O)CO3)ccc1-n1cnnn1. The number of fused-ring (bicyclic) bond motifs is 1. The minimum absolute atomic E-state index is 0.0224. The number of tetrazole rings is 1. The number of rotatable bonds is 3. The van der Waals surface area contributed by atoms with E-state index in [1.807, 2.05) is 19.1 Å². The summed E-state index contributed by atoms with van der Waals surface area (Å²) in [6.45, 7) is 1.88. The molecule has 0 spiro atoms. The zero-order chi connectivity index (χ0) is 18.1. The molecule has 2 heterocycles. The molecule has 0 saturated heterocycles. The van der Waals surface area contributed by atoms with Crippen LogP contribution in [0, 0.1) is 6.92 Å². The number of hydrogen-bond donors (Lipinski definition) is 2. The van der Waals surface area contributed by atoms with Crippen molar-refractivity contribution in [3.05, 3.63) is 53.9 Å². The molecule has 1 aliphatic heterocycles. The molecule has 1 aliphatic rings. The summed E-state index contributed by atoms with van der Waals surface area (Å²) in [5.41, 5.74) is 3.26. The highest BCUT2D eigenvalue weighted by molar-refractivity contribution is 6.06. The van der Waals surface area contributed by atoms with E-state index in [1.54, 1.807) is 28.9 Å². The lowest BCUT2D eigenvalue weighted by Crippen LogP contribution is -2.25. The summed E-state index contributed by atoms with van der Waals surface area (Å²) in [7, 11) is 0. The number of anilines is 2. The van der Waals surface area contributed by atoms with Crippen LogP contribution < -0.4 is 15.4 Å². The van der Waals surface area contributed by atoms with E-state index in [1.165, 1.54) is 6.33 Å². The summed E-state index contributed by atoms with van der Waals surface area (Å²) in [5.74, 6) is 0.00820. The molecule has 0 saturated carbocycles. The van der Waals surface area contributed by atoms with Crippen LogP contribution in [0.3, 0.4) is 0 Å². The van der Waals surface area contributed by atoms with E-state index in [0.717, 1.165) is 11.3 Å². The Morgan fingerprint density at radius 1 is 1.27 bits per heavy atom. The molecule has 130 valence electrons. The highest BCUT2D eigenvalue weighted by Crippen LogP contribution is 2.29. The van der Waals surface area contributed by atoms with Crippen molar-refractivity contribution in [2.45, 2.75) is 6.92 Å². The minimum Gasteiger partial charge on any atom is -0.482 e. The second-order valence-corrected chi connectivity index (χ2v) is 5.76. The topological polar surface area (TPSA) is 111 Å². The molecule has 0 fully saturated rings. The molecule has 2 aromatic carbocycles. The Bertz CT molecular complexity index is 1000. The molecule has 0 radical (unpaired) electrons. The predicted molar refractivity (Wildman–Crippen MR) is 92.4 cm³/mol. The van der Waals surface area contributed by atoms with Gasteiger partial charge in [0.05, 0.1) is 11.4 Å². The maximum Gasteiger partial charge on any atom is 0.262 e. The average molecular weight is 350 g/mol. The number of amides is 2. The highest BCUT2D eigenvalue weighted by atomic mass is 16.5. The first-order chi connectivity index (χ1) is 12.6. The highest BCUT2D eigenvalue weighted by Gasteiger charge is 2.18. The van der Waals surface area contributed by atoms with Gasteiger partial charge in [-0.2, -0.15) is 0 Å². The van der Waals surface area contributed by atoms with Crippen LogP contribution in [0.25, 0.3) is 5.69 Å². The standard InChI is InChI=1S/C17H14N6O3/c1-10-6-12(3-4-14(10)23-9-18-21-22-23)19-17(25)11-2-5-15-13(7-11)20-16(24)8-26-15/h2-7,9H,8H2,1H3,(H,19,25)(H,20,24). The zero-order valence-electron chi connectivity index (χ0n) is 13.8. The van der Waals surface area contributed by atoms with Gasteiger partial charge in [0.25, 0.3) is 11.8 Å². The van der Waals surface area contributed by atoms with Crippen molar-refractivity contribution in [1.29, 1.82) is 0 Å². The van der Waals surface area contributed by atoms with Crippen LogP contribution >= 0.6 is 0 Å². The normalized spacial score (nSPS) is 12.7. The molecule has 3 aromatic rings. The first-order valence-electron chi connectivity index (χ1n) is 7.82. The van der Waals surface area contributed by atoms with Crippen LogP contribution in [0.4, 0.5) is 11.4 Å². The largest absolute Gasteiger partial charge is 0.482 e. The molecule has 0 atom stereocenters. The molecule has 2 amide bonds. The Kier molecular flexibility index (Phi) is 3.81. The smallest absolute Gasteiger partial charge is 0.262 e. The van der Waals surface area contributed by atoms with Crippen LogP contribution in [0.5, 0.6) is 5.75 Å². The van der Waals surface area contributed by atoms with Gasteiger partial charge in [-0.05, 0) is 59.3 Å². The van der Waals surface area contributed by atoms with Crippen molar-refractivity contribution < 1.29 is 14.3 Å². The first kappa shape index (κ1) is 15.8. The second kappa shape index (κ2) is 6.28. The van der Waals surface area contributed by atoms with Gasteiger partial charge in [0.2, 0.25) is 0 Å². The first-order valence-corrected chi connectivity index (χ1v) is 7.82. The van der Waals surface area contributed by atoms with Crippen LogP contribution in [-0.2, 0) is 4.79 Å². The number of carbonyl (C=O) groups excluding carboxylic acids is 2. The average Bonchev–Trinajstić information content (AvgIpc) is 3.15. The maximum atomic E-state index is 12.5. The van der Waals surface area contributed by atoms with Gasteiger partial charge >= 0.3 is 0 Å². The minimum atomic E-state index is -0.290. The summed E-state index contributed by atoms with van der Waals surface area (Å²) < 4.78 is 6.84. The van der Waals surface area contributed by atoms with Crippen LogP contribution in [0.1, 0.15) is 15.9 Å². The van der Waals surface area contributed by atoms with Crippen LogP contribution in [0.15, 0.2) is 42.7 Å². The fourth-order valence-corrected chi connectivity index (χ4v) is 2.69. The van der Waals surface area contributed by atoms with E-state index in [2.05, 4.69) is 26.2 Å². The van der Waals surface area contributed by atoms with E-state index in [0.29, 0.717) is 22.7 Å². The summed E-state index contributed by atoms with van der Waals surface area (Å²) in [4.78, 5) is 23.9. The fourth-order valence-electron chi connectivity index (χ4n) is 2.69. The number of nitrogens with zero attached hydrogens (tertiary/aromatic N) is 4. The van der Waals surface area contributed by atoms with E-state index in [9.17, 15) is 9.59 Å². The van der Waals surface area contributed by atoms with Crippen molar-refractivity contribution in [2.75, 3.05) is 17.2 Å². The summed E-state index contributed by atoms with van der Waals surface area (Å²) in [6.07, 6.45) is 1.50. The quantitative estimate of drug-likeness (QED) is 0.741. The summed E-state index contributed by atoms with van der Waals surface area (Å²) >= 11 is 0. The number of hydrogen-bond acceptors (Lipinski definition) is 6. The number of benzene rings is 2. The van der Waals surface area contributed by atoms with Gasteiger partial charge in [-0.25, -0.2) is 4.68 Å².